The van der Waals surface area contributed by atoms with Crippen molar-refractivity contribution in [3.8, 4) is 11.3 Å². The van der Waals surface area contributed by atoms with Gasteiger partial charge >= 0.3 is 0 Å². The molecule has 0 amide bonds. The number of benzene rings is 1. The molecule has 0 aliphatic rings. The summed E-state index contributed by atoms with van der Waals surface area (Å²) in [6, 6.07) is 6.17. The molecule has 0 spiro atoms. The molecule has 13 heavy (non-hydrogen) atoms. The van der Waals surface area contributed by atoms with Gasteiger partial charge in [0.05, 0.1) is 6.20 Å². The number of halogens is 2. The lowest BCUT2D eigenvalue weighted by atomic mass is 10.2. The van der Waals surface area contributed by atoms with Crippen LogP contribution in [0.2, 0.25) is 0 Å². The van der Waals surface area contributed by atoms with Crippen LogP contribution in [0, 0.1) is 5.82 Å². The van der Waals surface area contributed by atoms with Crippen molar-refractivity contribution in [1.82, 2.24) is 4.98 Å². The monoisotopic (exact) mass is 241 g/mol. The van der Waals surface area contributed by atoms with Gasteiger partial charge in [-0.15, -0.1) is 0 Å². The smallest absolute Gasteiger partial charge is 0.264 e. The van der Waals surface area contributed by atoms with Gasteiger partial charge in [-0.2, -0.15) is 0 Å². The first-order valence-electron chi connectivity index (χ1n) is 3.63. The largest absolute Gasteiger partial charge is 0.431 e. The fraction of sp³-hybridized carbons (Fsp3) is 0. The average molecular weight is 242 g/mol. The van der Waals surface area contributed by atoms with Crippen LogP contribution < -0.4 is 0 Å². The molecule has 66 valence electrons. The summed E-state index contributed by atoms with van der Waals surface area (Å²) in [7, 11) is 0. The first kappa shape index (κ1) is 8.44. The zero-order valence-electron chi connectivity index (χ0n) is 6.50. The van der Waals surface area contributed by atoms with E-state index >= 15 is 0 Å². The molecule has 1 aromatic carbocycles. The van der Waals surface area contributed by atoms with E-state index in [9.17, 15) is 4.39 Å². The Balaban J connectivity index is 2.46. The van der Waals surface area contributed by atoms with E-state index in [4.69, 9.17) is 4.42 Å². The van der Waals surface area contributed by atoms with Gasteiger partial charge in [-0.05, 0) is 12.1 Å². The number of aromatic nitrogens is 1. The molecule has 1 heterocycles. The Bertz CT molecular complexity index is 427. The lowest BCUT2D eigenvalue weighted by molar-refractivity contribution is 0.541. The van der Waals surface area contributed by atoms with E-state index < -0.39 is 0 Å². The highest BCUT2D eigenvalue weighted by Gasteiger charge is 2.04. The van der Waals surface area contributed by atoms with E-state index in [1.54, 1.807) is 18.3 Å². The third-order valence-corrected chi connectivity index (χ3v) is 1.95. The van der Waals surface area contributed by atoms with Crippen LogP contribution in [0.25, 0.3) is 11.3 Å². The van der Waals surface area contributed by atoms with Crippen LogP contribution in [0.1, 0.15) is 0 Å². The topological polar surface area (TPSA) is 26.0 Å². The summed E-state index contributed by atoms with van der Waals surface area (Å²) < 4.78 is 17.9. The molecule has 0 atom stereocenters. The summed E-state index contributed by atoms with van der Waals surface area (Å²) in [5.74, 6) is 0.261. The van der Waals surface area contributed by atoms with Crippen molar-refractivity contribution in [3.63, 3.8) is 0 Å². The lowest BCUT2D eigenvalue weighted by Crippen LogP contribution is -1.75. The van der Waals surface area contributed by atoms with Crippen LogP contribution in [0.4, 0.5) is 4.39 Å². The van der Waals surface area contributed by atoms with Crippen molar-refractivity contribution in [1.29, 1.82) is 0 Å². The molecule has 0 aliphatic heterocycles. The molecule has 0 saturated heterocycles. The molecule has 2 aromatic rings. The fourth-order valence-electron chi connectivity index (χ4n) is 1.03. The molecule has 0 saturated carbocycles. The van der Waals surface area contributed by atoms with Crippen LogP contribution in [0.3, 0.4) is 0 Å². The number of nitrogens with zero attached hydrogens (tertiary/aromatic N) is 1. The molecule has 2 rings (SSSR count). The molecular weight excluding hydrogens is 237 g/mol. The minimum absolute atomic E-state index is 0.287. The van der Waals surface area contributed by atoms with Crippen LogP contribution in [-0.2, 0) is 0 Å². The third-order valence-electron chi connectivity index (χ3n) is 1.59. The summed E-state index contributed by atoms with van der Waals surface area (Å²) in [4.78, 5) is 4.25. The Morgan fingerprint density at radius 1 is 1.38 bits per heavy atom. The van der Waals surface area contributed by atoms with Crippen molar-refractivity contribution in [3.05, 3.63) is 41.1 Å². The van der Waals surface area contributed by atoms with Gasteiger partial charge in [0.1, 0.15) is 5.82 Å². The van der Waals surface area contributed by atoms with Gasteiger partial charge in [-0.1, -0.05) is 12.1 Å². The van der Waals surface area contributed by atoms with Gasteiger partial charge in [-0.25, -0.2) is 9.37 Å². The maximum atomic E-state index is 12.8. The number of oxazole rings is 1. The molecule has 0 N–H and O–H groups in total. The quantitative estimate of drug-likeness (QED) is 0.767. The van der Waals surface area contributed by atoms with Gasteiger partial charge in [0.15, 0.2) is 5.76 Å². The first-order chi connectivity index (χ1) is 6.25. The molecule has 1 aromatic heterocycles. The van der Waals surface area contributed by atoms with Crippen LogP contribution in [-0.4, -0.2) is 4.98 Å². The number of rotatable bonds is 1. The molecule has 2 nitrogen and oxygen atoms in total. The van der Waals surface area contributed by atoms with Gasteiger partial charge < -0.3 is 4.42 Å². The van der Waals surface area contributed by atoms with Gasteiger partial charge in [0.25, 0.3) is 4.80 Å². The molecule has 0 aliphatic carbocycles. The second kappa shape index (κ2) is 3.30. The van der Waals surface area contributed by atoms with E-state index in [-0.39, 0.29) is 5.82 Å². The summed E-state index contributed by atoms with van der Waals surface area (Å²) in [5, 5.41) is 0. The Labute approximate surface area is 82.5 Å². The van der Waals surface area contributed by atoms with Crippen molar-refractivity contribution < 1.29 is 8.81 Å². The highest BCUT2D eigenvalue weighted by atomic mass is 79.9. The lowest BCUT2D eigenvalue weighted by Gasteiger charge is -1.94. The van der Waals surface area contributed by atoms with Crippen molar-refractivity contribution in [2.24, 2.45) is 0 Å². The summed E-state index contributed by atoms with van der Waals surface area (Å²) in [6.45, 7) is 0. The van der Waals surface area contributed by atoms with E-state index in [1.807, 2.05) is 0 Å². The van der Waals surface area contributed by atoms with Crippen LogP contribution in [0.15, 0.2) is 39.7 Å². The standard InChI is InChI=1S/C9H5BrFNO/c10-9-12-5-8(13-9)6-2-1-3-7(11)4-6/h1-5H. The molecular formula is C9H5BrFNO. The molecule has 0 bridgehead atoms. The van der Waals surface area contributed by atoms with Gasteiger partial charge in [-0.3, -0.25) is 0 Å². The zero-order valence-corrected chi connectivity index (χ0v) is 8.08. The SMILES string of the molecule is Fc1cccc(-c2cnc(Br)o2)c1. The maximum Gasteiger partial charge on any atom is 0.264 e. The van der Waals surface area contributed by atoms with Crippen molar-refractivity contribution in [2.75, 3.05) is 0 Å². The average Bonchev–Trinajstić information content (AvgIpc) is 2.52. The number of hydrogen-bond acceptors (Lipinski definition) is 2. The Kier molecular flexibility index (Phi) is 2.14. The predicted molar refractivity (Wildman–Crippen MR) is 49.6 cm³/mol. The minimum atomic E-state index is -0.287. The Morgan fingerprint density at radius 3 is 2.85 bits per heavy atom. The van der Waals surface area contributed by atoms with E-state index in [0.717, 1.165) is 0 Å². The highest BCUT2D eigenvalue weighted by molar-refractivity contribution is 9.10. The first-order valence-corrected chi connectivity index (χ1v) is 4.42. The van der Waals surface area contributed by atoms with Gasteiger partial charge in [0.2, 0.25) is 0 Å². The highest BCUT2D eigenvalue weighted by Crippen LogP contribution is 2.22. The second-order valence-corrected chi connectivity index (χ2v) is 3.17. The molecule has 0 unspecified atom stereocenters. The predicted octanol–water partition coefficient (Wildman–Crippen LogP) is 3.24. The second-order valence-electron chi connectivity index (χ2n) is 2.49. The molecule has 4 heteroatoms. The molecule has 0 fully saturated rings. The zero-order chi connectivity index (χ0) is 9.26. The summed E-state index contributed by atoms with van der Waals surface area (Å²) in [6.07, 6.45) is 1.54. The van der Waals surface area contributed by atoms with Crippen LogP contribution in [0.5, 0.6) is 0 Å². The van der Waals surface area contributed by atoms with E-state index in [0.29, 0.717) is 16.1 Å². The summed E-state index contributed by atoms with van der Waals surface area (Å²) in [5.41, 5.74) is 0.679. The Hall–Kier alpha value is -1.16. The van der Waals surface area contributed by atoms with Crippen molar-refractivity contribution in [2.45, 2.75) is 0 Å². The third kappa shape index (κ3) is 1.78. The van der Waals surface area contributed by atoms with E-state index in [2.05, 4.69) is 20.9 Å². The van der Waals surface area contributed by atoms with Crippen molar-refractivity contribution >= 4 is 15.9 Å². The van der Waals surface area contributed by atoms with E-state index in [1.165, 1.54) is 12.1 Å². The molecule has 0 radical (unpaired) electrons. The normalized spacial score (nSPS) is 10.3. The summed E-state index contributed by atoms with van der Waals surface area (Å²) >= 11 is 3.08. The van der Waals surface area contributed by atoms with Gasteiger partial charge in [0, 0.05) is 21.5 Å². The Morgan fingerprint density at radius 2 is 2.23 bits per heavy atom. The van der Waals surface area contributed by atoms with Crippen LogP contribution >= 0.6 is 15.9 Å². The fourth-order valence-corrected chi connectivity index (χ4v) is 1.30. The minimum Gasteiger partial charge on any atom is -0.431 e. The number of hydrogen-bond donors (Lipinski definition) is 0. The maximum absolute atomic E-state index is 12.8.